The Morgan fingerprint density at radius 2 is 1.79 bits per heavy atom. The first-order valence-electron chi connectivity index (χ1n) is 8.48. The molecular weight excluding hydrogens is 378 g/mol. The molecule has 0 aliphatic heterocycles. The summed E-state index contributed by atoms with van der Waals surface area (Å²) in [6, 6.07) is 14.3. The highest BCUT2D eigenvalue weighted by Gasteiger charge is 2.18. The molecule has 0 spiro atoms. The Balaban J connectivity index is 1.71. The molecule has 0 N–H and O–H groups in total. The van der Waals surface area contributed by atoms with E-state index in [0.29, 0.717) is 21.7 Å². The second-order valence-corrected chi connectivity index (χ2v) is 6.93. The Hall–Kier alpha value is -3.19. The molecule has 1 aromatic heterocycles. The summed E-state index contributed by atoms with van der Waals surface area (Å²) < 4.78 is 15.3. The van der Waals surface area contributed by atoms with Gasteiger partial charge in [-0.1, -0.05) is 12.1 Å². The Bertz CT molecular complexity index is 994. The van der Waals surface area contributed by atoms with Crippen molar-refractivity contribution in [3.63, 3.8) is 0 Å². The first-order valence-corrected chi connectivity index (χ1v) is 9.29. The van der Waals surface area contributed by atoms with Crippen molar-refractivity contribution in [3.05, 3.63) is 70.2 Å². The van der Waals surface area contributed by atoms with Crippen LogP contribution < -0.4 is 4.74 Å². The first-order chi connectivity index (χ1) is 13.5. The molecular formula is C21H19NO5S. The third kappa shape index (κ3) is 4.37. The number of esters is 2. The van der Waals surface area contributed by atoms with E-state index in [2.05, 4.69) is 4.98 Å². The lowest BCUT2D eigenvalue weighted by molar-refractivity contribution is 0.0477. The maximum absolute atomic E-state index is 12.5. The number of carbonyl (C=O) groups is 2. The molecule has 0 saturated heterocycles. The Kier molecular flexibility index (Phi) is 6.06. The Morgan fingerprint density at radius 3 is 2.46 bits per heavy atom. The number of methoxy groups -OCH3 is 2. The average molecular weight is 397 g/mol. The van der Waals surface area contributed by atoms with Gasteiger partial charge >= 0.3 is 11.9 Å². The third-order valence-corrected chi connectivity index (χ3v) is 5.22. The van der Waals surface area contributed by atoms with Crippen molar-refractivity contribution in [1.29, 1.82) is 0 Å². The topological polar surface area (TPSA) is 74.7 Å². The first kappa shape index (κ1) is 19.6. The Morgan fingerprint density at radius 1 is 1.04 bits per heavy atom. The monoisotopic (exact) mass is 397 g/mol. The molecule has 0 aliphatic rings. The van der Waals surface area contributed by atoms with Crippen LogP contribution in [0.3, 0.4) is 0 Å². The number of benzene rings is 2. The number of aryl methyl sites for hydroxylation is 1. The third-order valence-electron chi connectivity index (χ3n) is 4.04. The summed E-state index contributed by atoms with van der Waals surface area (Å²) in [5.41, 5.74) is 2.63. The van der Waals surface area contributed by atoms with Gasteiger partial charge in [0.1, 0.15) is 22.2 Å². The summed E-state index contributed by atoms with van der Waals surface area (Å²) in [7, 11) is 2.93. The maximum atomic E-state index is 12.5. The molecule has 0 aliphatic carbocycles. The molecule has 0 radical (unpaired) electrons. The molecule has 2 aromatic carbocycles. The molecule has 0 atom stereocenters. The van der Waals surface area contributed by atoms with Gasteiger partial charge in [0.15, 0.2) is 0 Å². The van der Waals surface area contributed by atoms with Crippen molar-refractivity contribution in [1.82, 2.24) is 4.98 Å². The quantitative estimate of drug-likeness (QED) is 0.578. The highest BCUT2D eigenvalue weighted by molar-refractivity contribution is 7.17. The van der Waals surface area contributed by atoms with Gasteiger partial charge in [-0.05, 0) is 48.9 Å². The van der Waals surface area contributed by atoms with Crippen LogP contribution in [0.15, 0.2) is 48.5 Å². The molecule has 1 heterocycles. The maximum Gasteiger partial charge on any atom is 0.350 e. The molecule has 0 fully saturated rings. The number of hydrogen-bond donors (Lipinski definition) is 0. The van der Waals surface area contributed by atoms with E-state index in [0.717, 1.165) is 16.3 Å². The van der Waals surface area contributed by atoms with Gasteiger partial charge in [0.2, 0.25) is 0 Å². The van der Waals surface area contributed by atoms with Crippen LogP contribution in [0.1, 0.15) is 31.3 Å². The SMILES string of the molecule is COC(=O)c1cccc(COC(=O)c2sc(-c3ccc(OC)cc3)nc2C)c1. The van der Waals surface area contributed by atoms with E-state index in [4.69, 9.17) is 14.2 Å². The molecule has 3 rings (SSSR count). The van der Waals surface area contributed by atoms with Crippen LogP contribution in [0.2, 0.25) is 0 Å². The van der Waals surface area contributed by atoms with Crippen molar-refractivity contribution in [3.8, 4) is 16.3 Å². The van der Waals surface area contributed by atoms with Crippen molar-refractivity contribution >= 4 is 23.3 Å². The van der Waals surface area contributed by atoms with Gasteiger partial charge in [-0.2, -0.15) is 0 Å². The van der Waals surface area contributed by atoms with Gasteiger partial charge < -0.3 is 14.2 Å². The number of hydrogen-bond acceptors (Lipinski definition) is 7. The number of ether oxygens (including phenoxy) is 3. The zero-order chi connectivity index (χ0) is 20.1. The van der Waals surface area contributed by atoms with Crippen LogP contribution in [0.5, 0.6) is 5.75 Å². The summed E-state index contributed by atoms with van der Waals surface area (Å²) in [5.74, 6) is -0.125. The summed E-state index contributed by atoms with van der Waals surface area (Å²) in [5, 5.41) is 0.736. The largest absolute Gasteiger partial charge is 0.497 e. The van der Waals surface area contributed by atoms with Gasteiger partial charge in [0.05, 0.1) is 25.5 Å². The highest BCUT2D eigenvalue weighted by Crippen LogP contribution is 2.29. The zero-order valence-electron chi connectivity index (χ0n) is 15.7. The van der Waals surface area contributed by atoms with E-state index >= 15 is 0 Å². The molecule has 7 heteroatoms. The van der Waals surface area contributed by atoms with Crippen molar-refractivity contribution in [2.75, 3.05) is 14.2 Å². The van der Waals surface area contributed by atoms with Crippen molar-refractivity contribution < 1.29 is 23.8 Å². The van der Waals surface area contributed by atoms with Crippen LogP contribution in [-0.4, -0.2) is 31.1 Å². The second-order valence-electron chi connectivity index (χ2n) is 5.93. The van der Waals surface area contributed by atoms with Gasteiger partial charge in [-0.25, -0.2) is 14.6 Å². The van der Waals surface area contributed by atoms with E-state index in [1.54, 1.807) is 38.3 Å². The van der Waals surface area contributed by atoms with Crippen LogP contribution in [0.25, 0.3) is 10.6 Å². The zero-order valence-corrected chi connectivity index (χ0v) is 16.5. The van der Waals surface area contributed by atoms with E-state index in [9.17, 15) is 9.59 Å². The summed E-state index contributed by atoms with van der Waals surface area (Å²) in [6.45, 7) is 1.83. The minimum Gasteiger partial charge on any atom is -0.497 e. The van der Waals surface area contributed by atoms with Crippen LogP contribution >= 0.6 is 11.3 Å². The number of rotatable bonds is 6. The van der Waals surface area contributed by atoms with Crippen LogP contribution in [-0.2, 0) is 16.1 Å². The second kappa shape index (κ2) is 8.67. The fourth-order valence-corrected chi connectivity index (χ4v) is 3.53. The minimum atomic E-state index is -0.446. The molecule has 28 heavy (non-hydrogen) atoms. The lowest BCUT2D eigenvalue weighted by atomic mass is 10.1. The van der Waals surface area contributed by atoms with Gasteiger partial charge in [-0.3, -0.25) is 0 Å². The van der Waals surface area contributed by atoms with E-state index < -0.39 is 11.9 Å². The lowest BCUT2D eigenvalue weighted by Crippen LogP contribution is -2.06. The highest BCUT2D eigenvalue weighted by atomic mass is 32.1. The predicted octanol–water partition coefficient (Wildman–Crippen LogP) is 4.27. The molecule has 0 amide bonds. The van der Waals surface area contributed by atoms with Crippen molar-refractivity contribution in [2.24, 2.45) is 0 Å². The van der Waals surface area contributed by atoms with Crippen LogP contribution in [0.4, 0.5) is 0 Å². The van der Waals surface area contributed by atoms with E-state index in [-0.39, 0.29) is 6.61 Å². The van der Waals surface area contributed by atoms with Gasteiger partial charge in [0.25, 0.3) is 0 Å². The molecule has 144 valence electrons. The van der Waals surface area contributed by atoms with E-state index in [1.807, 2.05) is 24.3 Å². The minimum absolute atomic E-state index is 0.0544. The number of aromatic nitrogens is 1. The predicted molar refractivity (Wildman–Crippen MR) is 106 cm³/mol. The summed E-state index contributed by atoms with van der Waals surface area (Å²) in [6.07, 6.45) is 0. The average Bonchev–Trinajstić information content (AvgIpc) is 3.13. The number of thiazole rings is 1. The fraction of sp³-hybridized carbons (Fsp3) is 0.190. The van der Waals surface area contributed by atoms with Crippen molar-refractivity contribution in [2.45, 2.75) is 13.5 Å². The summed E-state index contributed by atoms with van der Waals surface area (Å²) in [4.78, 5) is 29.0. The van der Waals surface area contributed by atoms with Crippen LogP contribution in [0, 0.1) is 6.92 Å². The molecule has 0 saturated carbocycles. The van der Waals surface area contributed by atoms with Gasteiger partial charge in [0, 0.05) is 5.56 Å². The lowest BCUT2D eigenvalue weighted by Gasteiger charge is -2.05. The fourth-order valence-electron chi connectivity index (χ4n) is 2.56. The smallest absolute Gasteiger partial charge is 0.350 e. The normalized spacial score (nSPS) is 10.4. The van der Waals surface area contributed by atoms with E-state index in [1.165, 1.54) is 18.4 Å². The standard InChI is InChI=1S/C21H19NO5S/c1-13-18(28-19(22-13)15-7-9-17(25-2)10-8-15)21(24)27-12-14-5-4-6-16(11-14)20(23)26-3/h4-11H,12H2,1-3H3. The molecule has 3 aromatic rings. The molecule has 0 bridgehead atoms. The summed E-state index contributed by atoms with van der Waals surface area (Å²) >= 11 is 1.28. The number of nitrogens with zero attached hydrogens (tertiary/aromatic N) is 1. The molecule has 0 unspecified atom stereocenters. The Labute approximate surface area is 166 Å². The molecule has 6 nitrogen and oxygen atoms in total. The van der Waals surface area contributed by atoms with Gasteiger partial charge in [-0.15, -0.1) is 11.3 Å². The number of carbonyl (C=O) groups excluding carboxylic acids is 2.